The number of halogens is 1. The van der Waals surface area contributed by atoms with Crippen molar-refractivity contribution in [3.05, 3.63) is 33.8 Å². The topological polar surface area (TPSA) is 77.0 Å². The average molecular weight is 350 g/mol. The van der Waals surface area contributed by atoms with E-state index in [1.165, 1.54) is 11.3 Å². The minimum atomic E-state index is -0.484. The van der Waals surface area contributed by atoms with Gasteiger partial charge in [0.15, 0.2) is 5.82 Å². The Labute approximate surface area is 143 Å². The van der Waals surface area contributed by atoms with Gasteiger partial charge < -0.3 is 10.1 Å². The first-order chi connectivity index (χ1) is 11.5. The van der Waals surface area contributed by atoms with Gasteiger partial charge in [-0.05, 0) is 39.5 Å². The fourth-order valence-electron chi connectivity index (χ4n) is 2.83. The standard InChI is InChI=1S/C16H19FN4O2S/c1-9-14(24-10(2)20-9)15(22)21-12-3-5-13(6-4-12)23-16-18-7-11(17)8-19-16/h7-8,12-13H,3-6H2,1-2H3,(H,21,22). The SMILES string of the molecule is Cc1nc(C)c(C(=O)NC2CCC(Oc3ncc(F)cn3)CC2)s1. The fraction of sp³-hybridized carbons (Fsp3) is 0.500. The molecule has 128 valence electrons. The molecular weight excluding hydrogens is 331 g/mol. The summed E-state index contributed by atoms with van der Waals surface area (Å²) in [7, 11) is 0. The fourth-order valence-corrected chi connectivity index (χ4v) is 3.65. The van der Waals surface area contributed by atoms with E-state index >= 15 is 0 Å². The predicted molar refractivity (Wildman–Crippen MR) is 87.7 cm³/mol. The second kappa shape index (κ2) is 7.21. The van der Waals surface area contributed by atoms with Crippen LogP contribution in [0.3, 0.4) is 0 Å². The molecular formula is C16H19FN4O2S. The van der Waals surface area contributed by atoms with E-state index in [1.807, 2.05) is 13.8 Å². The van der Waals surface area contributed by atoms with Crippen LogP contribution in [0.2, 0.25) is 0 Å². The third-order valence-electron chi connectivity index (χ3n) is 3.99. The molecule has 1 N–H and O–H groups in total. The predicted octanol–water partition coefficient (Wildman–Crippen LogP) is 2.81. The number of carbonyl (C=O) groups is 1. The number of hydrogen-bond acceptors (Lipinski definition) is 6. The van der Waals surface area contributed by atoms with Crippen LogP contribution in [-0.2, 0) is 0 Å². The van der Waals surface area contributed by atoms with Crippen molar-refractivity contribution in [2.45, 2.75) is 51.7 Å². The van der Waals surface area contributed by atoms with Crippen LogP contribution in [-0.4, -0.2) is 33.0 Å². The van der Waals surface area contributed by atoms with Gasteiger partial charge in [0, 0.05) is 6.04 Å². The van der Waals surface area contributed by atoms with Crippen LogP contribution >= 0.6 is 11.3 Å². The molecule has 0 atom stereocenters. The molecule has 0 radical (unpaired) electrons. The van der Waals surface area contributed by atoms with Crippen molar-refractivity contribution in [3.8, 4) is 6.01 Å². The number of nitrogens with zero attached hydrogens (tertiary/aromatic N) is 3. The molecule has 24 heavy (non-hydrogen) atoms. The Morgan fingerprint density at radius 3 is 2.50 bits per heavy atom. The molecule has 2 aromatic rings. The number of aromatic nitrogens is 3. The van der Waals surface area contributed by atoms with Crippen molar-refractivity contribution < 1.29 is 13.9 Å². The normalized spacial score (nSPS) is 20.6. The van der Waals surface area contributed by atoms with Crippen molar-refractivity contribution >= 4 is 17.2 Å². The number of aryl methyl sites for hydroxylation is 2. The van der Waals surface area contributed by atoms with Gasteiger partial charge in [0.1, 0.15) is 11.0 Å². The molecule has 0 saturated heterocycles. The second-order valence-electron chi connectivity index (χ2n) is 5.90. The summed E-state index contributed by atoms with van der Waals surface area (Å²) in [5, 5.41) is 3.97. The maximum Gasteiger partial charge on any atom is 0.316 e. The van der Waals surface area contributed by atoms with Gasteiger partial charge in [0.25, 0.3) is 5.91 Å². The number of hydrogen-bond donors (Lipinski definition) is 1. The Morgan fingerprint density at radius 2 is 1.92 bits per heavy atom. The summed E-state index contributed by atoms with van der Waals surface area (Å²) >= 11 is 1.42. The third kappa shape index (κ3) is 4.05. The van der Waals surface area contributed by atoms with Gasteiger partial charge >= 0.3 is 6.01 Å². The van der Waals surface area contributed by atoms with Crippen molar-refractivity contribution in [2.24, 2.45) is 0 Å². The van der Waals surface area contributed by atoms with Gasteiger partial charge in [-0.25, -0.2) is 19.3 Å². The maximum atomic E-state index is 12.8. The van der Waals surface area contributed by atoms with E-state index in [-0.39, 0.29) is 24.1 Å². The van der Waals surface area contributed by atoms with Gasteiger partial charge in [-0.1, -0.05) is 0 Å². The molecule has 2 aromatic heterocycles. The quantitative estimate of drug-likeness (QED) is 0.917. The van der Waals surface area contributed by atoms with E-state index in [0.717, 1.165) is 48.8 Å². The molecule has 0 spiro atoms. The number of amides is 1. The van der Waals surface area contributed by atoms with Crippen molar-refractivity contribution in [3.63, 3.8) is 0 Å². The Kier molecular flexibility index (Phi) is 5.03. The van der Waals surface area contributed by atoms with Crippen LogP contribution in [0.15, 0.2) is 12.4 Å². The average Bonchev–Trinajstić information content (AvgIpc) is 2.90. The molecule has 0 aliphatic heterocycles. The molecule has 3 rings (SSSR count). The highest BCUT2D eigenvalue weighted by Gasteiger charge is 2.25. The zero-order chi connectivity index (χ0) is 17.1. The van der Waals surface area contributed by atoms with Gasteiger partial charge in [-0.15, -0.1) is 11.3 Å². The highest BCUT2D eigenvalue weighted by atomic mass is 32.1. The molecule has 1 aliphatic carbocycles. The molecule has 8 heteroatoms. The lowest BCUT2D eigenvalue weighted by Gasteiger charge is -2.28. The lowest BCUT2D eigenvalue weighted by molar-refractivity contribution is 0.0888. The van der Waals surface area contributed by atoms with E-state index in [4.69, 9.17) is 4.74 Å². The van der Waals surface area contributed by atoms with Crippen molar-refractivity contribution in [1.29, 1.82) is 0 Å². The first kappa shape index (κ1) is 16.8. The van der Waals surface area contributed by atoms with E-state index in [0.29, 0.717) is 4.88 Å². The molecule has 0 bridgehead atoms. The largest absolute Gasteiger partial charge is 0.460 e. The summed E-state index contributed by atoms with van der Waals surface area (Å²) in [6.45, 7) is 3.75. The summed E-state index contributed by atoms with van der Waals surface area (Å²) in [6, 6.07) is 0.327. The lowest BCUT2D eigenvalue weighted by Crippen LogP contribution is -2.39. The zero-order valence-electron chi connectivity index (χ0n) is 13.6. The second-order valence-corrected chi connectivity index (χ2v) is 7.10. The Bertz CT molecular complexity index is 711. The molecule has 6 nitrogen and oxygen atoms in total. The summed E-state index contributed by atoms with van der Waals surface area (Å²) in [5.41, 5.74) is 0.778. The summed E-state index contributed by atoms with van der Waals surface area (Å²) in [5.74, 6) is -0.535. The van der Waals surface area contributed by atoms with Crippen LogP contribution < -0.4 is 10.1 Å². The number of carbonyl (C=O) groups excluding carboxylic acids is 1. The Morgan fingerprint density at radius 1 is 1.25 bits per heavy atom. The minimum absolute atomic E-state index is 0.00371. The number of rotatable bonds is 4. The lowest BCUT2D eigenvalue weighted by atomic mass is 9.93. The Balaban J connectivity index is 1.49. The monoisotopic (exact) mass is 350 g/mol. The van der Waals surface area contributed by atoms with Gasteiger partial charge in [0.2, 0.25) is 0 Å². The van der Waals surface area contributed by atoms with E-state index < -0.39 is 5.82 Å². The smallest absolute Gasteiger partial charge is 0.316 e. The highest BCUT2D eigenvalue weighted by Crippen LogP contribution is 2.23. The van der Waals surface area contributed by atoms with Gasteiger partial charge in [-0.2, -0.15) is 0 Å². The van der Waals surface area contributed by atoms with E-state index in [1.54, 1.807) is 0 Å². The van der Waals surface area contributed by atoms with Crippen molar-refractivity contribution in [2.75, 3.05) is 0 Å². The van der Waals surface area contributed by atoms with Crippen LogP contribution in [0, 0.1) is 19.7 Å². The van der Waals surface area contributed by atoms with Crippen LogP contribution in [0.5, 0.6) is 6.01 Å². The highest BCUT2D eigenvalue weighted by molar-refractivity contribution is 7.13. The number of nitrogens with one attached hydrogen (secondary N) is 1. The van der Waals surface area contributed by atoms with E-state index in [9.17, 15) is 9.18 Å². The molecule has 1 aliphatic rings. The first-order valence-corrected chi connectivity index (χ1v) is 8.72. The molecule has 1 fully saturated rings. The first-order valence-electron chi connectivity index (χ1n) is 7.90. The van der Waals surface area contributed by atoms with Crippen LogP contribution in [0.1, 0.15) is 46.1 Å². The molecule has 1 amide bonds. The zero-order valence-corrected chi connectivity index (χ0v) is 14.4. The minimum Gasteiger partial charge on any atom is -0.460 e. The van der Waals surface area contributed by atoms with Gasteiger partial charge in [0.05, 0.1) is 23.1 Å². The third-order valence-corrected chi connectivity index (χ3v) is 5.06. The van der Waals surface area contributed by atoms with Crippen LogP contribution in [0.25, 0.3) is 0 Å². The Hall–Kier alpha value is -2.09. The summed E-state index contributed by atoms with van der Waals surface area (Å²) < 4.78 is 18.4. The number of ether oxygens (including phenoxy) is 1. The molecule has 0 unspecified atom stereocenters. The summed E-state index contributed by atoms with van der Waals surface area (Å²) in [6.07, 6.45) is 5.43. The maximum absolute atomic E-state index is 12.8. The van der Waals surface area contributed by atoms with Gasteiger partial charge in [-0.3, -0.25) is 4.79 Å². The van der Waals surface area contributed by atoms with Crippen LogP contribution in [0.4, 0.5) is 4.39 Å². The summed E-state index contributed by atoms with van der Waals surface area (Å²) in [4.78, 5) is 24.9. The van der Waals surface area contributed by atoms with E-state index in [2.05, 4.69) is 20.3 Å². The molecule has 2 heterocycles. The number of thiazole rings is 1. The molecule has 0 aromatic carbocycles. The molecule has 1 saturated carbocycles. The van der Waals surface area contributed by atoms with Crippen molar-refractivity contribution in [1.82, 2.24) is 20.3 Å².